The number of rotatable bonds is 4. The Bertz CT molecular complexity index is 608. The number of amides is 1. The van der Waals surface area contributed by atoms with E-state index in [0.717, 1.165) is 6.29 Å². The second-order valence-electron chi connectivity index (χ2n) is 3.90. The van der Waals surface area contributed by atoms with Crippen LogP contribution < -0.4 is 10.1 Å². The van der Waals surface area contributed by atoms with E-state index in [1.807, 2.05) is 0 Å². The number of ether oxygens (including phenoxy) is 1. The van der Waals surface area contributed by atoms with Crippen molar-refractivity contribution >= 4 is 17.9 Å². The van der Waals surface area contributed by atoms with E-state index in [1.54, 1.807) is 48.5 Å². The van der Waals surface area contributed by atoms with Crippen molar-refractivity contribution in [2.75, 3.05) is 12.4 Å². The number of methoxy groups -OCH3 is 1. The zero-order valence-corrected chi connectivity index (χ0v) is 10.4. The lowest BCUT2D eigenvalue weighted by molar-refractivity contribution is 0.102. The van der Waals surface area contributed by atoms with Crippen LogP contribution in [0.2, 0.25) is 0 Å². The highest BCUT2D eigenvalue weighted by molar-refractivity contribution is 6.06. The molecular formula is C15H13NO3. The summed E-state index contributed by atoms with van der Waals surface area (Å²) in [4.78, 5) is 22.8. The molecule has 2 aromatic carbocycles. The fourth-order valence-electron chi connectivity index (χ4n) is 1.72. The molecule has 2 rings (SSSR count). The van der Waals surface area contributed by atoms with Gasteiger partial charge in [-0.1, -0.05) is 24.3 Å². The Morgan fingerprint density at radius 1 is 1.16 bits per heavy atom. The third kappa shape index (κ3) is 2.98. The van der Waals surface area contributed by atoms with E-state index in [9.17, 15) is 9.59 Å². The van der Waals surface area contributed by atoms with Gasteiger partial charge in [-0.15, -0.1) is 0 Å². The van der Waals surface area contributed by atoms with Crippen molar-refractivity contribution in [1.82, 2.24) is 0 Å². The summed E-state index contributed by atoms with van der Waals surface area (Å²) in [7, 11) is 1.51. The second-order valence-corrected chi connectivity index (χ2v) is 3.90. The maximum atomic E-state index is 12.1. The number of hydrogen-bond donors (Lipinski definition) is 1. The third-order valence-corrected chi connectivity index (χ3v) is 2.63. The summed E-state index contributed by atoms with van der Waals surface area (Å²) in [6, 6.07) is 13.7. The first kappa shape index (κ1) is 12.8. The molecule has 1 N–H and O–H groups in total. The van der Waals surface area contributed by atoms with Crippen molar-refractivity contribution in [3.05, 3.63) is 59.7 Å². The molecule has 0 unspecified atom stereocenters. The number of para-hydroxylation sites is 1. The molecule has 0 bridgehead atoms. The molecule has 96 valence electrons. The molecule has 0 aromatic heterocycles. The number of carbonyl (C=O) groups is 2. The van der Waals surface area contributed by atoms with Crippen LogP contribution in [-0.2, 0) is 0 Å². The number of benzene rings is 2. The minimum absolute atomic E-state index is 0.277. The van der Waals surface area contributed by atoms with Gasteiger partial charge < -0.3 is 10.1 Å². The minimum atomic E-state index is -0.277. The Kier molecular flexibility index (Phi) is 3.93. The maximum absolute atomic E-state index is 12.1. The Hall–Kier alpha value is -2.62. The van der Waals surface area contributed by atoms with Gasteiger partial charge in [0.15, 0.2) is 0 Å². The molecule has 0 aliphatic heterocycles. The van der Waals surface area contributed by atoms with E-state index in [4.69, 9.17) is 4.74 Å². The lowest BCUT2D eigenvalue weighted by Crippen LogP contribution is -2.13. The van der Waals surface area contributed by atoms with Crippen molar-refractivity contribution in [3.63, 3.8) is 0 Å². The van der Waals surface area contributed by atoms with Crippen LogP contribution in [0.15, 0.2) is 48.5 Å². The first-order valence-corrected chi connectivity index (χ1v) is 5.74. The third-order valence-electron chi connectivity index (χ3n) is 2.63. The van der Waals surface area contributed by atoms with Crippen LogP contribution in [0.4, 0.5) is 5.69 Å². The van der Waals surface area contributed by atoms with E-state index in [0.29, 0.717) is 22.6 Å². The fourth-order valence-corrected chi connectivity index (χ4v) is 1.72. The van der Waals surface area contributed by atoms with E-state index < -0.39 is 0 Å². The maximum Gasteiger partial charge on any atom is 0.259 e. The summed E-state index contributed by atoms with van der Waals surface area (Å²) in [5.41, 5.74) is 1.53. The number of nitrogens with one attached hydrogen (secondary N) is 1. The molecule has 4 nitrogen and oxygen atoms in total. The number of anilines is 1. The van der Waals surface area contributed by atoms with Crippen molar-refractivity contribution in [2.24, 2.45) is 0 Å². The molecule has 0 heterocycles. The van der Waals surface area contributed by atoms with Gasteiger partial charge in [0.1, 0.15) is 12.0 Å². The van der Waals surface area contributed by atoms with Gasteiger partial charge in [0.2, 0.25) is 0 Å². The van der Waals surface area contributed by atoms with Crippen LogP contribution in [0.25, 0.3) is 0 Å². The molecule has 0 aliphatic carbocycles. The van der Waals surface area contributed by atoms with Crippen LogP contribution in [0.5, 0.6) is 5.75 Å². The van der Waals surface area contributed by atoms with Crippen molar-refractivity contribution in [1.29, 1.82) is 0 Å². The molecule has 0 saturated heterocycles. The number of carbonyl (C=O) groups excluding carboxylic acids is 2. The smallest absolute Gasteiger partial charge is 0.259 e. The molecular weight excluding hydrogens is 242 g/mol. The highest BCUT2D eigenvalue weighted by atomic mass is 16.5. The average molecular weight is 255 g/mol. The molecule has 0 atom stereocenters. The number of hydrogen-bond acceptors (Lipinski definition) is 3. The lowest BCUT2D eigenvalue weighted by Gasteiger charge is -2.09. The van der Waals surface area contributed by atoms with Crippen LogP contribution >= 0.6 is 0 Å². The SMILES string of the molecule is COc1ccccc1C(=O)Nc1cccc(C=O)c1. The van der Waals surface area contributed by atoms with Gasteiger partial charge in [-0.25, -0.2) is 0 Å². The Morgan fingerprint density at radius 3 is 2.68 bits per heavy atom. The summed E-state index contributed by atoms with van der Waals surface area (Å²) >= 11 is 0. The molecule has 2 aromatic rings. The molecule has 0 spiro atoms. The highest BCUT2D eigenvalue weighted by Gasteiger charge is 2.11. The molecule has 19 heavy (non-hydrogen) atoms. The van der Waals surface area contributed by atoms with Crippen molar-refractivity contribution in [3.8, 4) is 5.75 Å². The van der Waals surface area contributed by atoms with Crippen LogP contribution in [-0.4, -0.2) is 19.3 Å². The second kappa shape index (κ2) is 5.82. The lowest BCUT2D eigenvalue weighted by atomic mass is 10.1. The normalized spacial score (nSPS) is 9.74. The molecule has 0 aliphatic rings. The molecule has 0 radical (unpaired) electrons. The summed E-state index contributed by atoms with van der Waals surface area (Å²) in [6.45, 7) is 0. The van der Waals surface area contributed by atoms with Gasteiger partial charge in [-0.05, 0) is 24.3 Å². The largest absolute Gasteiger partial charge is 0.496 e. The molecule has 1 amide bonds. The van der Waals surface area contributed by atoms with Crippen LogP contribution in [0.1, 0.15) is 20.7 Å². The summed E-state index contributed by atoms with van der Waals surface area (Å²) in [5, 5.41) is 2.73. The van der Waals surface area contributed by atoms with Gasteiger partial charge >= 0.3 is 0 Å². The van der Waals surface area contributed by atoms with Crippen molar-refractivity contribution < 1.29 is 14.3 Å². The van der Waals surface area contributed by atoms with Crippen LogP contribution in [0.3, 0.4) is 0 Å². The van der Waals surface area contributed by atoms with Gasteiger partial charge in [-0.2, -0.15) is 0 Å². The summed E-state index contributed by atoms with van der Waals surface area (Å²) in [6.07, 6.45) is 0.735. The van der Waals surface area contributed by atoms with Gasteiger partial charge in [0, 0.05) is 11.3 Å². The quantitative estimate of drug-likeness (QED) is 0.855. The highest BCUT2D eigenvalue weighted by Crippen LogP contribution is 2.19. The number of aldehydes is 1. The zero-order valence-electron chi connectivity index (χ0n) is 10.4. The average Bonchev–Trinajstić information content (AvgIpc) is 2.47. The Labute approximate surface area is 111 Å². The molecule has 0 saturated carbocycles. The van der Waals surface area contributed by atoms with Crippen LogP contribution in [0, 0.1) is 0 Å². The van der Waals surface area contributed by atoms with Gasteiger partial charge in [-0.3, -0.25) is 9.59 Å². The topological polar surface area (TPSA) is 55.4 Å². The molecule has 0 fully saturated rings. The predicted molar refractivity (Wildman–Crippen MR) is 72.8 cm³/mol. The van der Waals surface area contributed by atoms with E-state index in [1.165, 1.54) is 7.11 Å². The first-order valence-electron chi connectivity index (χ1n) is 5.74. The predicted octanol–water partition coefficient (Wildman–Crippen LogP) is 2.76. The Balaban J connectivity index is 2.23. The van der Waals surface area contributed by atoms with E-state index >= 15 is 0 Å². The monoisotopic (exact) mass is 255 g/mol. The minimum Gasteiger partial charge on any atom is -0.496 e. The Morgan fingerprint density at radius 2 is 1.95 bits per heavy atom. The zero-order chi connectivity index (χ0) is 13.7. The first-order chi connectivity index (χ1) is 9.24. The molecule has 4 heteroatoms. The van der Waals surface area contributed by atoms with Gasteiger partial charge in [0.25, 0.3) is 5.91 Å². The van der Waals surface area contributed by atoms with Gasteiger partial charge in [0.05, 0.1) is 12.7 Å². The summed E-state index contributed by atoms with van der Waals surface area (Å²) < 4.78 is 5.13. The van der Waals surface area contributed by atoms with E-state index in [2.05, 4.69) is 5.32 Å². The van der Waals surface area contributed by atoms with E-state index in [-0.39, 0.29) is 5.91 Å². The van der Waals surface area contributed by atoms with Crippen molar-refractivity contribution in [2.45, 2.75) is 0 Å². The summed E-state index contributed by atoms with van der Waals surface area (Å²) in [5.74, 6) is 0.229. The standard InChI is InChI=1S/C15H13NO3/c1-19-14-8-3-2-7-13(14)15(18)16-12-6-4-5-11(9-12)10-17/h2-10H,1H3,(H,16,18). The fraction of sp³-hybridized carbons (Fsp3) is 0.0667.